The fourth-order valence-electron chi connectivity index (χ4n) is 1.34. The Morgan fingerprint density at radius 2 is 2.00 bits per heavy atom. The summed E-state index contributed by atoms with van der Waals surface area (Å²) >= 11 is 0. The molecule has 1 N–H and O–H groups in total. The number of carbonyl (C=O) groups is 1. The van der Waals surface area contributed by atoms with Gasteiger partial charge in [0.15, 0.2) is 0 Å². The van der Waals surface area contributed by atoms with Crippen molar-refractivity contribution in [3.05, 3.63) is 35.4 Å². The number of benzene rings is 1. The van der Waals surface area contributed by atoms with E-state index in [1.165, 1.54) is 0 Å². The fraction of sp³-hybridized carbons (Fsp3) is 0.417. The van der Waals surface area contributed by atoms with Crippen LogP contribution in [0.15, 0.2) is 24.3 Å². The molecular weight excluding hydrogens is 192 g/mol. The van der Waals surface area contributed by atoms with Crippen molar-refractivity contribution in [3.63, 3.8) is 0 Å². The summed E-state index contributed by atoms with van der Waals surface area (Å²) in [6, 6.07) is 7.19. The van der Waals surface area contributed by atoms with Crippen molar-refractivity contribution < 1.29 is 14.6 Å². The van der Waals surface area contributed by atoms with Gasteiger partial charge in [-0.1, -0.05) is 12.1 Å². The van der Waals surface area contributed by atoms with E-state index in [0.717, 1.165) is 18.4 Å². The molecule has 1 aromatic rings. The van der Waals surface area contributed by atoms with Gasteiger partial charge in [-0.25, -0.2) is 4.79 Å². The van der Waals surface area contributed by atoms with Crippen molar-refractivity contribution in [3.8, 4) is 0 Å². The summed E-state index contributed by atoms with van der Waals surface area (Å²) in [5.41, 5.74) is 1.61. The molecule has 0 radical (unpaired) electrons. The number of aliphatic hydroxyl groups excluding tert-OH is 1. The van der Waals surface area contributed by atoms with Gasteiger partial charge in [0.05, 0.1) is 5.56 Å². The Labute approximate surface area is 88.7 Å². The molecule has 0 aromatic heterocycles. The van der Waals surface area contributed by atoms with E-state index >= 15 is 0 Å². The van der Waals surface area contributed by atoms with E-state index in [1.807, 2.05) is 12.1 Å². The summed E-state index contributed by atoms with van der Waals surface area (Å²) in [5.74, 6) is -0.243. The molecule has 0 saturated heterocycles. The first-order valence-corrected chi connectivity index (χ1v) is 5.20. The topological polar surface area (TPSA) is 46.5 Å². The Morgan fingerprint density at radius 3 is 2.53 bits per heavy atom. The van der Waals surface area contributed by atoms with E-state index in [2.05, 4.69) is 0 Å². The van der Waals surface area contributed by atoms with Crippen molar-refractivity contribution in [2.45, 2.75) is 25.4 Å². The summed E-state index contributed by atoms with van der Waals surface area (Å²) in [7, 11) is 0. The van der Waals surface area contributed by atoms with E-state index < -0.39 is 0 Å². The van der Waals surface area contributed by atoms with Gasteiger partial charge >= 0.3 is 5.97 Å². The standard InChI is InChI=1S/C12H14O3/c13-8-7-9-1-3-10(4-2-9)12(14)15-11-5-6-11/h1-4,11,13H,5-8H2. The number of hydrogen-bond donors (Lipinski definition) is 1. The summed E-state index contributed by atoms with van der Waals surface area (Å²) in [6.45, 7) is 0.131. The van der Waals surface area contributed by atoms with Crippen LogP contribution in [0.4, 0.5) is 0 Å². The van der Waals surface area contributed by atoms with Gasteiger partial charge in [-0.05, 0) is 37.0 Å². The lowest BCUT2D eigenvalue weighted by Gasteiger charge is -2.03. The molecule has 80 valence electrons. The SMILES string of the molecule is O=C(OC1CC1)c1ccc(CCO)cc1. The number of rotatable bonds is 4. The van der Waals surface area contributed by atoms with E-state index in [9.17, 15) is 4.79 Å². The highest BCUT2D eigenvalue weighted by Crippen LogP contribution is 2.24. The van der Waals surface area contributed by atoms with Crippen molar-refractivity contribution in [1.82, 2.24) is 0 Å². The first-order valence-electron chi connectivity index (χ1n) is 5.20. The van der Waals surface area contributed by atoms with Crippen LogP contribution in [0.25, 0.3) is 0 Å². The Hall–Kier alpha value is -1.35. The number of aliphatic hydroxyl groups is 1. The Bertz CT molecular complexity index is 338. The number of carbonyl (C=O) groups excluding carboxylic acids is 1. The molecule has 0 aliphatic heterocycles. The van der Waals surface area contributed by atoms with Crippen LogP contribution in [0.5, 0.6) is 0 Å². The maximum Gasteiger partial charge on any atom is 0.338 e. The van der Waals surface area contributed by atoms with Crippen LogP contribution >= 0.6 is 0 Å². The minimum Gasteiger partial charge on any atom is -0.459 e. The molecule has 0 spiro atoms. The third-order valence-corrected chi connectivity index (χ3v) is 2.39. The van der Waals surface area contributed by atoms with Crippen LogP contribution in [0.2, 0.25) is 0 Å². The van der Waals surface area contributed by atoms with Gasteiger partial charge in [-0.15, -0.1) is 0 Å². The second kappa shape index (κ2) is 4.45. The molecule has 2 rings (SSSR count). The van der Waals surface area contributed by atoms with Gasteiger partial charge in [0.1, 0.15) is 6.10 Å². The molecule has 0 unspecified atom stereocenters. The average Bonchev–Trinajstić information content (AvgIpc) is 3.03. The predicted molar refractivity (Wildman–Crippen MR) is 55.7 cm³/mol. The van der Waals surface area contributed by atoms with Gasteiger partial charge in [-0.2, -0.15) is 0 Å². The average molecular weight is 206 g/mol. The van der Waals surface area contributed by atoms with Crippen molar-refractivity contribution in [1.29, 1.82) is 0 Å². The minimum absolute atomic E-state index is 0.131. The monoisotopic (exact) mass is 206 g/mol. The number of hydrogen-bond acceptors (Lipinski definition) is 3. The second-order valence-corrected chi connectivity index (χ2v) is 3.78. The number of esters is 1. The largest absolute Gasteiger partial charge is 0.459 e. The Balaban J connectivity index is 1.98. The Kier molecular flexibility index (Phi) is 3.02. The highest BCUT2D eigenvalue weighted by molar-refractivity contribution is 5.89. The van der Waals surface area contributed by atoms with Crippen LogP contribution < -0.4 is 0 Å². The lowest BCUT2D eigenvalue weighted by molar-refractivity contribution is 0.0472. The zero-order chi connectivity index (χ0) is 10.7. The summed E-state index contributed by atoms with van der Waals surface area (Å²) in [6.07, 6.45) is 2.76. The Morgan fingerprint density at radius 1 is 1.33 bits per heavy atom. The molecule has 0 atom stereocenters. The van der Waals surface area contributed by atoms with Crippen molar-refractivity contribution in [2.75, 3.05) is 6.61 Å². The third-order valence-electron chi connectivity index (χ3n) is 2.39. The van der Waals surface area contributed by atoms with Crippen LogP contribution in [-0.2, 0) is 11.2 Å². The molecule has 15 heavy (non-hydrogen) atoms. The molecule has 3 heteroatoms. The second-order valence-electron chi connectivity index (χ2n) is 3.78. The smallest absolute Gasteiger partial charge is 0.338 e. The molecular formula is C12H14O3. The molecule has 0 amide bonds. The number of ether oxygens (including phenoxy) is 1. The van der Waals surface area contributed by atoms with Crippen LogP contribution in [-0.4, -0.2) is 23.8 Å². The zero-order valence-corrected chi connectivity index (χ0v) is 8.48. The quantitative estimate of drug-likeness (QED) is 0.760. The minimum atomic E-state index is -0.243. The maximum atomic E-state index is 11.5. The summed E-state index contributed by atoms with van der Waals surface area (Å²) in [5, 5.41) is 8.73. The lowest BCUT2D eigenvalue weighted by atomic mass is 10.1. The van der Waals surface area contributed by atoms with Gasteiger partial charge in [0.25, 0.3) is 0 Å². The highest BCUT2D eigenvalue weighted by atomic mass is 16.5. The molecule has 1 aliphatic carbocycles. The molecule has 1 saturated carbocycles. The zero-order valence-electron chi connectivity index (χ0n) is 8.48. The molecule has 0 bridgehead atoms. The van der Waals surface area contributed by atoms with E-state index in [-0.39, 0.29) is 18.7 Å². The van der Waals surface area contributed by atoms with Crippen molar-refractivity contribution >= 4 is 5.97 Å². The molecule has 1 fully saturated rings. The third kappa shape index (κ3) is 2.80. The van der Waals surface area contributed by atoms with Gasteiger partial charge in [0.2, 0.25) is 0 Å². The van der Waals surface area contributed by atoms with Crippen LogP contribution in [0, 0.1) is 0 Å². The van der Waals surface area contributed by atoms with Crippen LogP contribution in [0.3, 0.4) is 0 Å². The summed E-state index contributed by atoms with van der Waals surface area (Å²) in [4.78, 5) is 11.5. The fourth-order valence-corrected chi connectivity index (χ4v) is 1.34. The molecule has 0 heterocycles. The van der Waals surface area contributed by atoms with Crippen molar-refractivity contribution in [2.24, 2.45) is 0 Å². The van der Waals surface area contributed by atoms with Crippen LogP contribution in [0.1, 0.15) is 28.8 Å². The first-order chi connectivity index (χ1) is 7.29. The summed E-state index contributed by atoms with van der Waals surface area (Å²) < 4.78 is 5.16. The highest BCUT2D eigenvalue weighted by Gasteiger charge is 2.26. The van der Waals surface area contributed by atoms with Gasteiger partial charge in [-0.3, -0.25) is 0 Å². The first kappa shape index (κ1) is 10.2. The van der Waals surface area contributed by atoms with Gasteiger partial charge in [0, 0.05) is 6.61 Å². The van der Waals surface area contributed by atoms with Gasteiger partial charge < -0.3 is 9.84 Å². The van der Waals surface area contributed by atoms with E-state index in [0.29, 0.717) is 12.0 Å². The molecule has 3 nitrogen and oxygen atoms in total. The lowest BCUT2D eigenvalue weighted by Crippen LogP contribution is -2.06. The molecule has 1 aromatic carbocycles. The maximum absolute atomic E-state index is 11.5. The molecule has 1 aliphatic rings. The van der Waals surface area contributed by atoms with E-state index in [1.54, 1.807) is 12.1 Å². The normalized spacial score (nSPS) is 15.0. The predicted octanol–water partition coefficient (Wildman–Crippen LogP) is 1.54. The van der Waals surface area contributed by atoms with E-state index in [4.69, 9.17) is 9.84 Å².